The van der Waals surface area contributed by atoms with Crippen LogP contribution >= 0.6 is 46.0 Å². The molecule has 2 aromatic heterocycles. The zero-order chi connectivity index (χ0) is 19.4. The number of benzene rings is 1. The smallest absolute Gasteiger partial charge is 0.206 e. The summed E-state index contributed by atoms with van der Waals surface area (Å²) in [6.45, 7) is 5.06. The van der Waals surface area contributed by atoms with E-state index in [0.29, 0.717) is 21.5 Å². The van der Waals surface area contributed by atoms with Gasteiger partial charge >= 0.3 is 0 Å². The standard InChI is InChI=1S/C17H16ClN5OS3/c1-9(2)7-20-16-22-23-17(27-16)25-8-13(24)11(6-19)15-21-12-5-10(18)3-4-14(12)26-15/h3-5,9,24H,7-8H2,1-2H3,(H,20,22)/b13-11-. The molecule has 10 heteroatoms. The number of aliphatic hydroxyl groups excluding tert-OH is 1. The molecule has 140 valence electrons. The Labute approximate surface area is 173 Å². The number of nitrogens with one attached hydrogen (secondary N) is 1. The van der Waals surface area contributed by atoms with Crippen molar-refractivity contribution in [3.63, 3.8) is 0 Å². The van der Waals surface area contributed by atoms with Crippen LogP contribution in [0.2, 0.25) is 5.02 Å². The van der Waals surface area contributed by atoms with Gasteiger partial charge in [0.15, 0.2) is 4.34 Å². The predicted molar refractivity (Wildman–Crippen MR) is 114 cm³/mol. The Morgan fingerprint density at radius 1 is 1.37 bits per heavy atom. The minimum atomic E-state index is -0.0282. The van der Waals surface area contributed by atoms with Crippen molar-refractivity contribution in [1.29, 1.82) is 5.26 Å². The van der Waals surface area contributed by atoms with Crippen molar-refractivity contribution in [1.82, 2.24) is 15.2 Å². The van der Waals surface area contributed by atoms with E-state index in [9.17, 15) is 10.4 Å². The molecule has 3 rings (SSSR count). The Balaban J connectivity index is 1.72. The topological polar surface area (TPSA) is 94.7 Å². The summed E-state index contributed by atoms with van der Waals surface area (Å²) < 4.78 is 1.63. The quantitative estimate of drug-likeness (QED) is 0.288. The highest BCUT2D eigenvalue weighted by atomic mass is 35.5. The third kappa shape index (κ3) is 5.11. The Hall–Kier alpha value is -1.86. The molecule has 1 aromatic carbocycles. The summed E-state index contributed by atoms with van der Waals surface area (Å²) in [5, 5.41) is 33.1. The molecule has 0 saturated heterocycles. The molecule has 3 aromatic rings. The van der Waals surface area contributed by atoms with Gasteiger partial charge in [0.2, 0.25) is 5.13 Å². The third-order valence-electron chi connectivity index (χ3n) is 3.36. The van der Waals surface area contributed by atoms with Gasteiger partial charge in [0.05, 0.1) is 16.0 Å². The van der Waals surface area contributed by atoms with Gasteiger partial charge in [-0.3, -0.25) is 0 Å². The zero-order valence-corrected chi connectivity index (χ0v) is 17.8. The molecule has 0 atom stereocenters. The minimum Gasteiger partial charge on any atom is -0.510 e. The van der Waals surface area contributed by atoms with E-state index in [1.807, 2.05) is 6.07 Å². The largest absolute Gasteiger partial charge is 0.510 e. The lowest BCUT2D eigenvalue weighted by molar-refractivity contribution is 0.421. The second-order valence-corrected chi connectivity index (χ2v) is 9.67. The van der Waals surface area contributed by atoms with Crippen LogP contribution in [0.3, 0.4) is 0 Å². The number of thioether (sulfide) groups is 1. The van der Waals surface area contributed by atoms with Gasteiger partial charge in [0.1, 0.15) is 22.4 Å². The maximum absolute atomic E-state index is 10.4. The number of halogens is 1. The van der Waals surface area contributed by atoms with Crippen molar-refractivity contribution >= 4 is 67.0 Å². The first-order valence-electron chi connectivity index (χ1n) is 8.05. The Morgan fingerprint density at radius 3 is 2.93 bits per heavy atom. The summed E-state index contributed by atoms with van der Waals surface area (Å²) in [4.78, 5) is 4.41. The van der Waals surface area contributed by atoms with Gasteiger partial charge in [-0.15, -0.1) is 21.5 Å². The molecule has 2 N–H and O–H groups in total. The number of aromatic nitrogens is 3. The summed E-state index contributed by atoms with van der Waals surface area (Å²) in [6, 6.07) is 7.42. The molecule has 0 aliphatic rings. The summed E-state index contributed by atoms with van der Waals surface area (Å²) in [7, 11) is 0. The Morgan fingerprint density at radius 2 is 2.19 bits per heavy atom. The SMILES string of the molecule is CC(C)CNc1nnc(SC/C(O)=C(\C#N)c2nc3cc(Cl)ccc3s2)s1. The van der Waals surface area contributed by atoms with E-state index in [0.717, 1.165) is 20.7 Å². The fourth-order valence-corrected chi connectivity index (χ4v) is 4.84. The van der Waals surface area contributed by atoms with E-state index in [1.165, 1.54) is 34.4 Å². The van der Waals surface area contributed by atoms with E-state index in [2.05, 4.69) is 40.4 Å². The summed E-state index contributed by atoms with van der Waals surface area (Å²) in [6.07, 6.45) is 0. The van der Waals surface area contributed by atoms with Crippen molar-refractivity contribution in [2.24, 2.45) is 5.92 Å². The Kier molecular flexibility index (Phi) is 6.55. The highest BCUT2D eigenvalue weighted by Crippen LogP contribution is 2.32. The van der Waals surface area contributed by atoms with Gasteiger partial charge in [0.25, 0.3) is 0 Å². The average Bonchev–Trinajstić information content (AvgIpc) is 3.25. The number of allylic oxidation sites excluding steroid dienone is 1. The molecule has 0 radical (unpaired) electrons. The maximum Gasteiger partial charge on any atom is 0.206 e. The van der Waals surface area contributed by atoms with E-state index in [-0.39, 0.29) is 17.1 Å². The third-order valence-corrected chi connectivity index (χ3v) is 6.68. The van der Waals surface area contributed by atoms with Crippen molar-refractivity contribution in [3.05, 3.63) is 34.0 Å². The van der Waals surface area contributed by atoms with Crippen LogP contribution in [-0.4, -0.2) is 32.6 Å². The molecular weight excluding hydrogens is 422 g/mol. The van der Waals surface area contributed by atoms with Crippen LogP contribution < -0.4 is 5.32 Å². The monoisotopic (exact) mass is 437 g/mol. The molecule has 0 aliphatic carbocycles. The molecule has 0 aliphatic heterocycles. The van der Waals surface area contributed by atoms with Crippen molar-refractivity contribution in [2.45, 2.75) is 18.2 Å². The maximum atomic E-state index is 10.4. The van der Waals surface area contributed by atoms with E-state index in [4.69, 9.17) is 11.6 Å². The fraction of sp³-hybridized carbons (Fsp3) is 0.294. The van der Waals surface area contributed by atoms with Gasteiger partial charge in [-0.25, -0.2) is 4.98 Å². The van der Waals surface area contributed by atoms with Gasteiger partial charge in [-0.2, -0.15) is 5.26 Å². The lowest BCUT2D eigenvalue weighted by Gasteiger charge is -2.03. The van der Waals surface area contributed by atoms with Gasteiger partial charge in [-0.05, 0) is 24.1 Å². The molecule has 0 spiro atoms. The van der Waals surface area contributed by atoms with Crippen molar-refractivity contribution in [2.75, 3.05) is 17.6 Å². The van der Waals surface area contributed by atoms with Crippen LogP contribution in [0.25, 0.3) is 15.8 Å². The summed E-state index contributed by atoms with van der Waals surface area (Å²) in [5.41, 5.74) is 0.878. The van der Waals surface area contributed by atoms with Gasteiger partial charge in [-0.1, -0.05) is 48.5 Å². The lowest BCUT2D eigenvalue weighted by atomic mass is 10.2. The second-order valence-electron chi connectivity index (χ2n) is 6.00. The molecule has 0 bridgehead atoms. The van der Waals surface area contributed by atoms with E-state index < -0.39 is 0 Å². The van der Waals surface area contributed by atoms with Gasteiger partial charge < -0.3 is 10.4 Å². The number of thiazole rings is 1. The van der Waals surface area contributed by atoms with Crippen molar-refractivity contribution in [3.8, 4) is 6.07 Å². The number of hydrogen-bond acceptors (Lipinski definition) is 9. The number of hydrogen-bond donors (Lipinski definition) is 2. The normalized spacial score (nSPS) is 12.3. The number of nitriles is 1. The van der Waals surface area contributed by atoms with Crippen LogP contribution in [0.5, 0.6) is 0 Å². The lowest BCUT2D eigenvalue weighted by Crippen LogP contribution is -2.07. The summed E-state index contributed by atoms with van der Waals surface area (Å²) in [5.74, 6) is 0.705. The number of anilines is 1. The minimum absolute atomic E-state index is 0.0282. The van der Waals surface area contributed by atoms with Crippen LogP contribution in [-0.2, 0) is 0 Å². The number of fused-ring (bicyclic) bond motifs is 1. The molecule has 2 heterocycles. The molecule has 27 heavy (non-hydrogen) atoms. The predicted octanol–water partition coefficient (Wildman–Crippen LogP) is 5.45. The molecular formula is C17H16ClN5OS3. The molecule has 0 saturated carbocycles. The van der Waals surface area contributed by atoms with Crippen LogP contribution in [0.1, 0.15) is 18.9 Å². The highest BCUT2D eigenvalue weighted by Gasteiger charge is 2.15. The fourth-order valence-electron chi connectivity index (χ4n) is 2.08. The first-order chi connectivity index (χ1) is 13.0. The average molecular weight is 438 g/mol. The van der Waals surface area contributed by atoms with E-state index in [1.54, 1.807) is 12.1 Å². The van der Waals surface area contributed by atoms with Crippen LogP contribution in [0, 0.1) is 17.2 Å². The first-order valence-corrected chi connectivity index (χ1v) is 11.0. The molecule has 0 amide bonds. The van der Waals surface area contributed by atoms with Crippen LogP contribution in [0.15, 0.2) is 28.3 Å². The second kappa shape index (κ2) is 8.89. The number of aliphatic hydroxyl groups is 1. The van der Waals surface area contributed by atoms with Crippen LogP contribution in [0.4, 0.5) is 5.13 Å². The highest BCUT2D eigenvalue weighted by molar-refractivity contribution is 8.01. The van der Waals surface area contributed by atoms with Gasteiger partial charge in [0, 0.05) is 11.6 Å². The Bertz CT molecular complexity index is 1020. The first kappa shape index (κ1) is 19.9. The number of nitrogens with zero attached hydrogens (tertiary/aromatic N) is 4. The van der Waals surface area contributed by atoms with Crippen molar-refractivity contribution < 1.29 is 5.11 Å². The molecule has 6 nitrogen and oxygen atoms in total. The zero-order valence-electron chi connectivity index (χ0n) is 14.6. The number of rotatable bonds is 7. The van der Waals surface area contributed by atoms with E-state index >= 15 is 0 Å². The molecule has 0 fully saturated rings. The summed E-state index contributed by atoms with van der Waals surface area (Å²) >= 11 is 10.1. The molecule has 0 unspecified atom stereocenters.